The van der Waals surface area contributed by atoms with E-state index in [0.29, 0.717) is 11.5 Å². The van der Waals surface area contributed by atoms with Gasteiger partial charge in [-0.2, -0.15) is 43.1 Å². The Kier molecular flexibility index (Phi) is 5.70. The second-order valence-corrected chi connectivity index (χ2v) is 7.67. The molecule has 5 heteroatoms. The predicted octanol–water partition coefficient (Wildman–Crippen LogP) is 6.32. The molecule has 1 aliphatic rings. The molecule has 0 saturated heterocycles. The molecule has 0 amide bonds. The van der Waals surface area contributed by atoms with Crippen molar-refractivity contribution in [3.05, 3.63) is 116 Å². The minimum atomic E-state index is 0. The first-order valence-corrected chi connectivity index (χ1v) is 10.4. The van der Waals surface area contributed by atoms with Gasteiger partial charge in [-0.3, -0.25) is 0 Å². The average Bonchev–Trinajstić information content (AvgIpc) is 3.41. The molecular formula is C28H19N3OPt. The normalized spacial score (nSPS) is 13.0. The van der Waals surface area contributed by atoms with Crippen molar-refractivity contribution in [3.8, 4) is 17.2 Å². The van der Waals surface area contributed by atoms with Gasteiger partial charge in [0.2, 0.25) is 0 Å². The second kappa shape index (κ2) is 8.80. The molecule has 1 aliphatic heterocycles. The molecule has 0 unspecified atom stereocenters. The second-order valence-electron chi connectivity index (χ2n) is 7.67. The first kappa shape index (κ1) is 21.4. The van der Waals surface area contributed by atoms with Gasteiger partial charge in [-0.05, 0) is 30.9 Å². The van der Waals surface area contributed by atoms with Gasteiger partial charge >= 0.3 is 21.1 Å². The van der Waals surface area contributed by atoms with Crippen LogP contribution in [0, 0.1) is 24.9 Å². The Morgan fingerprint density at radius 2 is 1.58 bits per heavy atom. The Hall–Kier alpha value is -3.49. The summed E-state index contributed by atoms with van der Waals surface area (Å²) >= 11 is 0. The molecule has 6 rings (SSSR count). The molecule has 5 aromatic rings. The van der Waals surface area contributed by atoms with Crippen LogP contribution in [0.25, 0.3) is 27.5 Å². The molecule has 0 saturated carbocycles. The molecule has 0 bridgehead atoms. The van der Waals surface area contributed by atoms with Crippen molar-refractivity contribution < 1.29 is 25.8 Å². The maximum atomic E-state index is 6.19. The summed E-state index contributed by atoms with van der Waals surface area (Å²) in [4.78, 5) is 3.99. The third kappa shape index (κ3) is 3.92. The molecule has 0 radical (unpaired) electrons. The van der Waals surface area contributed by atoms with Gasteiger partial charge in [0.1, 0.15) is 0 Å². The van der Waals surface area contributed by atoms with E-state index in [-0.39, 0.29) is 21.1 Å². The Morgan fingerprint density at radius 3 is 2.39 bits per heavy atom. The van der Waals surface area contributed by atoms with Crippen LogP contribution in [-0.4, -0.2) is 16.5 Å². The summed E-state index contributed by atoms with van der Waals surface area (Å²) in [5.41, 5.74) is 3.96. The Labute approximate surface area is 207 Å². The Balaban J connectivity index is 0.00000228. The van der Waals surface area contributed by atoms with Crippen LogP contribution in [0.4, 0.5) is 5.69 Å². The summed E-state index contributed by atoms with van der Waals surface area (Å²) in [7, 11) is 1.99. The molecule has 33 heavy (non-hydrogen) atoms. The number of benzene rings is 4. The first-order chi connectivity index (χ1) is 15.8. The molecule has 0 fully saturated rings. The van der Waals surface area contributed by atoms with Gasteiger partial charge in [0, 0.05) is 17.0 Å². The van der Waals surface area contributed by atoms with Crippen LogP contribution in [0.5, 0.6) is 11.5 Å². The summed E-state index contributed by atoms with van der Waals surface area (Å²) in [6.45, 7) is 1.99. The molecule has 0 aliphatic carbocycles. The number of nitrogens with zero attached hydrogens (tertiary/aromatic N) is 3. The van der Waals surface area contributed by atoms with E-state index in [4.69, 9.17) is 4.74 Å². The predicted molar refractivity (Wildman–Crippen MR) is 127 cm³/mol. The molecular weight excluding hydrogens is 589 g/mol. The quantitative estimate of drug-likeness (QED) is 0.223. The number of hydrogen-bond acceptors (Lipinski definition) is 3. The molecule has 2 heterocycles. The zero-order chi connectivity index (χ0) is 21.5. The number of aromatic nitrogens is 1. The minimum Gasteiger partial charge on any atom is -0.510 e. The smallest absolute Gasteiger partial charge is 0.510 e. The number of anilines is 1. The van der Waals surface area contributed by atoms with Crippen molar-refractivity contribution in [2.75, 3.05) is 11.9 Å². The maximum absolute atomic E-state index is 6.19. The van der Waals surface area contributed by atoms with E-state index in [1.54, 1.807) is 0 Å². The van der Waals surface area contributed by atoms with Crippen LogP contribution < -0.4 is 9.64 Å². The van der Waals surface area contributed by atoms with Crippen molar-refractivity contribution in [2.24, 2.45) is 0 Å². The van der Waals surface area contributed by atoms with Gasteiger partial charge in [0.15, 0.2) is 0 Å². The van der Waals surface area contributed by atoms with Crippen molar-refractivity contribution in [3.63, 3.8) is 0 Å². The minimum absolute atomic E-state index is 0. The Morgan fingerprint density at radius 1 is 0.758 bits per heavy atom. The molecule has 4 nitrogen and oxygen atoms in total. The molecule has 0 N–H and O–H groups in total. The van der Waals surface area contributed by atoms with Gasteiger partial charge in [-0.15, -0.1) is 47.5 Å². The first-order valence-electron chi connectivity index (χ1n) is 10.4. The van der Waals surface area contributed by atoms with E-state index >= 15 is 0 Å². The number of fused-ring (bicyclic) bond motifs is 3. The summed E-state index contributed by atoms with van der Waals surface area (Å²) in [6.07, 6.45) is 3.98. The zero-order valence-corrected chi connectivity index (χ0v) is 20.1. The zero-order valence-electron chi connectivity index (χ0n) is 17.8. The third-order valence-electron chi connectivity index (χ3n) is 5.51. The SMILES string of the molecule is CN1C=CN(c2[c-]c(Oc3[c-]c4c(cc3)c3ccccc3n4-c3[c-]cccc3)ccc2)[CH-]1.[Pt+4]. The summed E-state index contributed by atoms with van der Waals surface area (Å²) in [5.74, 6) is 1.28. The number of ether oxygens (including phenoxy) is 1. The Bertz CT molecular complexity index is 1460. The fraction of sp³-hybridized carbons (Fsp3) is 0.0357. The van der Waals surface area contributed by atoms with Crippen LogP contribution in [-0.2, 0) is 21.1 Å². The molecule has 162 valence electrons. The van der Waals surface area contributed by atoms with Crippen molar-refractivity contribution in [2.45, 2.75) is 0 Å². The van der Waals surface area contributed by atoms with Crippen molar-refractivity contribution in [1.29, 1.82) is 0 Å². The van der Waals surface area contributed by atoms with E-state index in [0.717, 1.165) is 27.8 Å². The third-order valence-corrected chi connectivity index (χ3v) is 5.51. The molecule has 0 spiro atoms. The van der Waals surface area contributed by atoms with Crippen LogP contribution in [0.3, 0.4) is 0 Å². The van der Waals surface area contributed by atoms with Crippen LogP contribution in [0.1, 0.15) is 0 Å². The van der Waals surface area contributed by atoms with Crippen LogP contribution in [0.2, 0.25) is 0 Å². The van der Waals surface area contributed by atoms with E-state index in [1.165, 1.54) is 5.39 Å². The van der Waals surface area contributed by atoms with E-state index in [9.17, 15) is 0 Å². The molecule has 0 atom stereocenters. The van der Waals surface area contributed by atoms with Gasteiger partial charge < -0.3 is 19.1 Å². The summed E-state index contributed by atoms with van der Waals surface area (Å²) in [6, 6.07) is 36.5. The van der Waals surface area contributed by atoms with E-state index in [1.807, 2.05) is 78.4 Å². The van der Waals surface area contributed by atoms with E-state index < -0.39 is 0 Å². The fourth-order valence-electron chi connectivity index (χ4n) is 4.06. The number of hydrogen-bond donors (Lipinski definition) is 0. The number of rotatable bonds is 4. The van der Waals surface area contributed by atoms with E-state index in [2.05, 4.69) is 59.2 Å². The van der Waals surface area contributed by atoms with Gasteiger partial charge in [-0.1, -0.05) is 29.4 Å². The summed E-state index contributed by atoms with van der Waals surface area (Å²) < 4.78 is 8.37. The molecule has 4 aromatic carbocycles. The number of para-hydroxylation sites is 2. The van der Waals surface area contributed by atoms with Gasteiger partial charge in [0.25, 0.3) is 0 Å². The van der Waals surface area contributed by atoms with Crippen molar-refractivity contribution in [1.82, 2.24) is 9.47 Å². The largest absolute Gasteiger partial charge is 4.00 e. The standard InChI is InChI=1S/C28H19N3O.Pt/c1-29-16-17-30(20-29)22-10-7-11-23(18-22)32-24-14-15-26-25-12-5-6-13-27(25)31(28(26)19-24)21-8-3-2-4-9-21;/h2-8,10-17,20H,1H3;/q-4;+4. The maximum Gasteiger partial charge on any atom is 4.00 e. The average molecular weight is 609 g/mol. The molecule has 1 aromatic heterocycles. The fourth-order valence-corrected chi connectivity index (χ4v) is 4.06. The van der Waals surface area contributed by atoms with Crippen LogP contribution in [0.15, 0.2) is 91.3 Å². The van der Waals surface area contributed by atoms with Crippen LogP contribution >= 0.6 is 0 Å². The van der Waals surface area contributed by atoms with Gasteiger partial charge in [0.05, 0.1) is 0 Å². The monoisotopic (exact) mass is 608 g/mol. The van der Waals surface area contributed by atoms with Gasteiger partial charge in [-0.25, -0.2) is 0 Å². The summed E-state index contributed by atoms with van der Waals surface area (Å²) in [5, 5.41) is 2.30. The topological polar surface area (TPSA) is 20.6 Å². The van der Waals surface area contributed by atoms with Crippen molar-refractivity contribution >= 4 is 27.5 Å².